The Labute approximate surface area is 137 Å². The van der Waals surface area contributed by atoms with Gasteiger partial charge in [-0.05, 0) is 48.2 Å². The molecule has 0 atom stereocenters. The molecule has 0 spiro atoms. The molecule has 2 aromatic heterocycles. The highest BCUT2D eigenvalue weighted by atomic mass is 15.0. The molecular weight excluding hydrogens is 280 g/mol. The van der Waals surface area contributed by atoms with E-state index >= 15 is 0 Å². The lowest BCUT2D eigenvalue weighted by Crippen LogP contribution is -2.40. The SMILES string of the molecule is CCc1ccc2c(c1-c1cc(C)ccn1)-c1cccc[n+]1CC2. The van der Waals surface area contributed by atoms with E-state index in [0.717, 1.165) is 25.1 Å². The zero-order valence-electron chi connectivity index (χ0n) is 13.7. The van der Waals surface area contributed by atoms with Crippen LogP contribution in [0.2, 0.25) is 0 Å². The smallest absolute Gasteiger partial charge is 0.213 e. The van der Waals surface area contributed by atoms with E-state index in [1.807, 2.05) is 6.20 Å². The Kier molecular flexibility index (Phi) is 3.45. The van der Waals surface area contributed by atoms with Gasteiger partial charge in [0.15, 0.2) is 12.7 Å². The third-order valence-corrected chi connectivity index (χ3v) is 4.75. The highest BCUT2D eigenvalue weighted by molar-refractivity contribution is 5.84. The molecule has 0 bridgehead atoms. The number of aromatic nitrogens is 2. The Bertz CT molecular complexity index is 881. The fourth-order valence-corrected chi connectivity index (χ4v) is 3.59. The Morgan fingerprint density at radius 3 is 2.83 bits per heavy atom. The molecule has 0 fully saturated rings. The van der Waals surface area contributed by atoms with Gasteiger partial charge in [0.2, 0.25) is 5.69 Å². The van der Waals surface area contributed by atoms with Crippen molar-refractivity contribution in [1.82, 2.24) is 4.98 Å². The summed E-state index contributed by atoms with van der Waals surface area (Å²) in [5.74, 6) is 0. The van der Waals surface area contributed by atoms with Crippen molar-refractivity contribution in [3.05, 3.63) is 71.5 Å². The van der Waals surface area contributed by atoms with Crippen molar-refractivity contribution < 1.29 is 4.57 Å². The van der Waals surface area contributed by atoms with Crippen molar-refractivity contribution in [2.24, 2.45) is 0 Å². The molecule has 0 radical (unpaired) electrons. The maximum Gasteiger partial charge on any atom is 0.213 e. The molecular formula is C21H21N2+. The van der Waals surface area contributed by atoms with E-state index in [1.54, 1.807) is 0 Å². The van der Waals surface area contributed by atoms with Gasteiger partial charge in [0.1, 0.15) is 0 Å². The minimum atomic E-state index is 1.02. The van der Waals surface area contributed by atoms with E-state index in [9.17, 15) is 0 Å². The third-order valence-electron chi connectivity index (χ3n) is 4.75. The lowest BCUT2D eigenvalue weighted by molar-refractivity contribution is -0.687. The number of fused-ring (bicyclic) bond motifs is 3. The molecule has 2 nitrogen and oxygen atoms in total. The number of benzene rings is 1. The van der Waals surface area contributed by atoms with Crippen LogP contribution in [-0.4, -0.2) is 4.98 Å². The zero-order chi connectivity index (χ0) is 15.8. The van der Waals surface area contributed by atoms with Crippen LogP contribution >= 0.6 is 0 Å². The van der Waals surface area contributed by atoms with Crippen molar-refractivity contribution in [3.63, 3.8) is 0 Å². The first-order valence-electron chi connectivity index (χ1n) is 8.34. The molecule has 3 aromatic rings. The van der Waals surface area contributed by atoms with Crippen molar-refractivity contribution in [2.45, 2.75) is 33.2 Å². The van der Waals surface area contributed by atoms with Gasteiger partial charge >= 0.3 is 0 Å². The first-order valence-corrected chi connectivity index (χ1v) is 8.34. The lowest BCUT2D eigenvalue weighted by Gasteiger charge is -2.20. The average molecular weight is 301 g/mol. The molecule has 4 rings (SSSR count). The third kappa shape index (κ3) is 2.35. The van der Waals surface area contributed by atoms with E-state index in [0.29, 0.717) is 0 Å². The van der Waals surface area contributed by atoms with E-state index in [4.69, 9.17) is 4.98 Å². The second-order valence-electron chi connectivity index (χ2n) is 6.24. The number of aryl methyl sites for hydroxylation is 4. The first-order chi connectivity index (χ1) is 11.3. The van der Waals surface area contributed by atoms with E-state index in [-0.39, 0.29) is 0 Å². The second kappa shape index (κ2) is 5.62. The first kappa shape index (κ1) is 14.1. The van der Waals surface area contributed by atoms with Crippen LogP contribution in [0.5, 0.6) is 0 Å². The van der Waals surface area contributed by atoms with Crippen LogP contribution in [0.25, 0.3) is 22.5 Å². The van der Waals surface area contributed by atoms with Crippen LogP contribution in [0.4, 0.5) is 0 Å². The molecule has 0 unspecified atom stereocenters. The molecule has 0 saturated heterocycles. The van der Waals surface area contributed by atoms with Gasteiger partial charge in [-0.1, -0.05) is 19.1 Å². The maximum absolute atomic E-state index is 4.69. The fourth-order valence-electron chi connectivity index (χ4n) is 3.59. The molecule has 0 N–H and O–H groups in total. The second-order valence-corrected chi connectivity index (χ2v) is 6.24. The van der Waals surface area contributed by atoms with E-state index < -0.39 is 0 Å². The number of nitrogens with zero attached hydrogens (tertiary/aromatic N) is 2. The summed E-state index contributed by atoms with van der Waals surface area (Å²) in [6, 6.07) is 15.3. The number of rotatable bonds is 2. The predicted octanol–water partition coefficient (Wildman–Crippen LogP) is 4.13. The Hall–Kier alpha value is -2.48. The molecule has 1 aromatic carbocycles. The largest absolute Gasteiger partial charge is 0.256 e. The summed E-state index contributed by atoms with van der Waals surface area (Å²) in [7, 11) is 0. The number of pyridine rings is 2. The molecule has 3 heterocycles. The topological polar surface area (TPSA) is 16.8 Å². The molecule has 0 saturated carbocycles. The molecule has 0 aliphatic carbocycles. The Morgan fingerprint density at radius 2 is 2.00 bits per heavy atom. The monoisotopic (exact) mass is 301 g/mol. The molecule has 0 amide bonds. The van der Waals surface area contributed by atoms with Gasteiger partial charge in [-0.2, -0.15) is 4.57 Å². The van der Waals surface area contributed by atoms with Gasteiger partial charge < -0.3 is 0 Å². The van der Waals surface area contributed by atoms with Gasteiger partial charge in [-0.25, -0.2) is 0 Å². The van der Waals surface area contributed by atoms with Crippen molar-refractivity contribution in [1.29, 1.82) is 0 Å². The van der Waals surface area contributed by atoms with E-state index in [2.05, 4.69) is 67.1 Å². The van der Waals surface area contributed by atoms with Crippen molar-refractivity contribution in [2.75, 3.05) is 0 Å². The summed E-state index contributed by atoms with van der Waals surface area (Å²) in [4.78, 5) is 4.69. The highest BCUT2D eigenvalue weighted by Gasteiger charge is 2.27. The highest BCUT2D eigenvalue weighted by Crippen LogP contribution is 2.37. The minimum absolute atomic E-state index is 1.02. The molecule has 1 aliphatic rings. The van der Waals surface area contributed by atoms with Crippen LogP contribution in [0.3, 0.4) is 0 Å². The number of hydrogen-bond donors (Lipinski definition) is 0. The Balaban J connectivity index is 2.06. The predicted molar refractivity (Wildman–Crippen MR) is 93.1 cm³/mol. The fraction of sp³-hybridized carbons (Fsp3) is 0.238. The van der Waals surface area contributed by atoms with Crippen LogP contribution in [0, 0.1) is 6.92 Å². The van der Waals surface area contributed by atoms with Gasteiger partial charge in [-0.15, -0.1) is 0 Å². The average Bonchev–Trinajstić information content (AvgIpc) is 2.60. The molecule has 1 aliphatic heterocycles. The van der Waals surface area contributed by atoms with Crippen molar-refractivity contribution in [3.8, 4) is 22.5 Å². The summed E-state index contributed by atoms with van der Waals surface area (Å²) in [6.07, 6.45) is 6.21. The van der Waals surface area contributed by atoms with Crippen LogP contribution in [0.1, 0.15) is 23.6 Å². The summed E-state index contributed by atoms with van der Waals surface area (Å²) >= 11 is 0. The molecule has 2 heteroatoms. The van der Waals surface area contributed by atoms with Gasteiger partial charge in [-0.3, -0.25) is 4.98 Å². The van der Waals surface area contributed by atoms with Crippen molar-refractivity contribution >= 4 is 0 Å². The van der Waals surface area contributed by atoms with Crippen LogP contribution in [-0.2, 0) is 19.4 Å². The summed E-state index contributed by atoms with van der Waals surface area (Å²) in [5.41, 5.74) is 9.15. The lowest BCUT2D eigenvalue weighted by atomic mass is 9.87. The van der Waals surface area contributed by atoms with Gasteiger partial charge in [0.05, 0.1) is 11.3 Å². The molecule has 114 valence electrons. The maximum atomic E-state index is 4.69. The summed E-state index contributed by atoms with van der Waals surface area (Å²) in [6.45, 7) is 5.41. The zero-order valence-corrected chi connectivity index (χ0v) is 13.7. The standard InChI is InChI=1S/C21H21N2/c1-3-16-7-8-17-10-13-23-12-5-4-6-19(23)21(17)20(16)18-14-15(2)9-11-22-18/h4-9,11-12,14H,3,10,13H2,1-2H3/q+1. The van der Waals surface area contributed by atoms with Gasteiger partial charge in [0, 0.05) is 30.3 Å². The van der Waals surface area contributed by atoms with Gasteiger partial charge in [0.25, 0.3) is 0 Å². The quantitative estimate of drug-likeness (QED) is 0.650. The number of hydrogen-bond acceptors (Lipinski definition) is 1. The minimum Gasteiger partial charge on any atom is -0.256 e. The normalized spacial score (nSPS) is 12.6. The Morgan fingerprint density at radius 1 is 1.09 bits per heavy atom. The van der Waals surface area contributed by atoms with E-state index in [1.165, 1.54) is 33.5 Å². The van der Waals surface area contributed by atoms with Crippen LogP contribution < -0.4 is 4.57 Å². The summed E-state index contributed by atoms with van der Waals surface area (Å²) < 4.78 is 2.36. The summed E-state index contributed by atoms with van der Waals surface area (Å²) in [5, 5.41) is 0. The molecule has 23 heavy (non-hydrogen) atoms. The van der Waals surface area contributed by atoms with Crippen LogP contribution in [0.15, 0.2) is 54.9 Å².